The highest BCUT2D eigenvalue weighted by Gasteiger charge is 2.38. The van der Waals surface area contributed by atoms with Crippen LogP contribution >= 0.6 is 35.0 Å². The predicted octanol–water partition coefficient (Wildman–Crippen LogP) is 6.50. The number of ether oxygens (including phenoxy) is 2. The standard InChI is InChI=1S/C25H24Cl2N4O4S/c1-4-11-36-25-28-23-21(29-30-25)15-9-7-8-10-18(15)31(19(32)5-2)24(35-23)16-12-14(26)13-17(27)22(16)34-20(33)6-3/h7-10,12-13,24H,4-6,11H2,1-3H3/t24-/m0/s1. The van der Waals surface area contributed by atoms with Gasteiger partial charge in [-0.25, -0.2) is 0 Å². The smallest absolute Gasteiger partial charge is 0.310 e. The van der Waals surface area contributed by atoms with Gasteiger partial charge in [0.2, 0.25) is 23.2 Å². The molecule has 0 saturated carbocycles. The number of nitrogens with zero attached hydrogens (tertiary/aromatic N) is 4. The second kappa shape index (κ2) is 11.5. The molecule has 3 aromatic rings. The highest BCUT2D eigenvalue weighted by molar-refractivity contribution is 7.99. The summed E-state index contributed by atoms with van der Waals surface area (Å²) in [5.41, 5.74) is 1.87. The summed E-state index contributed by atoms with van der Waals surface area (Å²) in [6.45, 7) is 5.48. The molecule has 2 heterocycles. The van der Waals surface area contributed by atoms with Gasteiger partial charge in [0.15, 0.2) is 11.4 Å². The van der Waals surface area contributed by atoms with Gasteiger partial charge in [-0.1, -0.05) is 73.9 Å². The van der Waals surface area contributed by atoms with Gasteiger partial charge in [-0.15, -0.1) is 10.2 Å². The number of thioether (sulfide) groups is 1. The average Bonchev–Trinajstić information content (AvgIpc) is 3.02. The Morgan fingerprint density at radius 3 is 2.61 bits per heavy atom. The lowest BCUT2D eigenvalue weighted by molar-refractivity contribution is -0.134. The van der Waals surface area contributed by atoms with E-state index in [1.54, 1.807) is 26.0 Å². The van der Waals surface area contributed by atoms with E-state index < -0.39 is 12.2 Å². The Morgan fingerprint density at radius 2 is 1.89 bits per heavy atom. The van der Waals surface area contributed by atoms with Gasteiger partial charge in [0.05, 0.1) is 16.3 Å². The molecule has 0 bridgehead atoms. The fourth-order valence-corrected chi connectivity index (χ4v) is 4.85. The average molecular weight is 547 g/mol. The van der Waals surface area contributed by atoms with Crippen LogP contribution < -0.4 is 14.4 Å². The third-order valence-electron chi connectivity index (χ3n) is 5.33. The van der Waals surface area contributed by atoms with E-state index in [4.69, 9.17) is 32.7 Å². The monoisotopic (exact) mass is 546 g/mol. The molecule has 0 unspecified atom stereocenters. The van der Waals surface area contributed by atoms with Crippen molar-refractivity contribution in [2.75, 3.05) is 10.7 Å². The highest BCUT2D eigenvalue weighted by atomic mass is 35.5. The second-order valence-electron chi connectivity index (χ2n) is 7.83. The molecule has 0 aliphatic carbocycles. The van der Waals surface area contributed by atoms with E-state index in [0.29, 0.717) is 27.7 Å². The summed E-state index contributed by atoms with van der Waals surface area (Å²) >= 11 is 14.3. The Labute approximate surface area is 223 Å². The summed E-state index contributed by atoms with van der Waals surface area (Å²) in [4.78, 5) is 31.8. The van der Waals surface area contributed by atoms with Crippen molar-refractivity contribution in [1.29, 1.82) is 0 Å². The molecular formula is C25H24Cl2N4O4S. The van der Waals surface area contributed by atoms with Crippen LogP contribution in [0.25, 0.3) is 11.3 Å². The fourth-order valence-electron chi connectivity index (χ4n) is 3.67. The maximum atomic E-state index is 13.4. The predicted molar refractivity (Wildman–Crippen MR) is 140 cm³/mol. The number of carbonyl (C=O) groups is 2. The van der Waals surface area contributed by atoms with Gasteiger partial charge < -0.3 is 9.47 Å². The number of aromatic nitrogens is 3. The molecule has 1 aromatic heterocycles. The first-order valence-corrected chi connectivity index (χ1v) is 13.3. The largest absolute Gasteiger partial charge is 0.447 e. The van der Waals surface area contributed by atoms with Crippen LogP contribution in [-0.2, 0) is 9.59 Å². The SMILES string of the molecule is CCCSc1nnc2c(n1)O[C@@H](c1cc(Cl)cc(Cl)c1OC(=O)CC)N(C(=O)CC)c1ccccc1-2. The van der Waals surface area contributed by atoms with Gasteiger partial charge in [-0.05, 0) is 24.6 Å². The topological polar surface area (TPSA) is 94.5 Å². The Morgan fingerprint density at radius 1 is 1.11 bits per heavy atom. The van der Waals surface area contributed by atoms with Gasteiger partial charge in [0.1, 0.15) is 0 Å². The second-order valence-corrected chi connectivity index (χ2v) is 9.74. The number of fused-ring (bicyclic) bond motifs is 3. The summed E-state index contributed by atoms with van der Waals surface area (Å²) in [6.07, 6.45) is 0.141. The number of amides is 1. The van der Waals surface area contributed by atoms with Crippen LogP contribution in [0, 0.1) is 0 Å². The molecule has 8 nitrogen and oxygen atoms in total. The third-order valence-corrected chi connectivity index (χ3v) is 6.87. The molecule has 1 amide bonds. The molecule has 0 fully saturated rings. The van der Waals surface area contributed by atoms with Crippen LogP contribution in [0.4, 0.5) is 5.69 Å². The van der Waals surface area contributed by atoms with Gasteiger partial charge in [-0.2, -0.15) is 4.98 Å². The molecule has 188 valence electrons. The summed E-state index contributed by atoms with van der Waals surface area (Å²) < 4.78 is 12.0. The van der Waals surface area contributed by atoms with E-state index in [0.717, 1.165) is 12.2 Å². The molecular weight excluding hydrogens is 523 g/mol. The van der Waals surface area contributed by atoms with E-state index in [1.807, 2.05) is 18.2 Å². The minimum absolute atomic E-state index is 0.0651. The molecule has 0 spiro atoms. The number of para-hydroxylation sites is 1. The fraction of sp³-hybridized carbons (Fsp3) is 0.320. The van der Waals surface area contributed by atoms with Gasteiger partial charge in [0, 0.05) is 29.2 Å². The lowest BCUT2D eigenvalue weighted by atomic mass is 10.1. The Hall–Kier alpha value is -2.88. The van der Waals surface area contributed by atoms with Crippen LogP contribution in [0.1, 0.15) is 51.8 Å². The van der Waals surface area contributed by atoms with Crippen molar-refractivity contribution in [3.8, 4) is 22.9 Å². The van der Waals surface area contributed by atoms with Crippen molar-refractivity contribution in [1.82, 2.24) is 15.2 Å². The van der Waals surface area contributed by atoms with E-state index in [1.165, 1.54) is 22.7 Å². The lowest BCUT2D eigenvalue weighted by Crippen LogP contribution is -2.37. The third kappa shape index (κ3) is 5.28. The van der Waals surface area contributed by atoms with Crippen LogP contribution in [0.5, 0.6) is 11.6 Å². The number of benzene rings is 2. The number of carbonyl (C=O) groups excluding carboxylic acids is 2. The lowest BCUT2D eigenvalue weighted by Gasteiger charge is -2.31. The maximum absolute atomic E-state index is 13.4. The number of hydrogen-bond donors (Lipinski definition) is 0. The number of rotatable bonds is 7. The summed E-state index contributed by atoms with van der Waals surface area (Å²) in [5, 5.41) is 9.52. The molecule has 4 rings (SSSR count). The molecule has 0 N–H and O–H groups in total. The first-order valence-electron chi connectivity index (χ1n) is 11.5. The van der Waals surface area contributed by atoms with Crippen molar-refractivity contribution >= 4 is 52.5 Å². The summed E-state index contributed by atoms with van der Waals surface area (Å²) in [7, 11) is 0. The van der Waals surface area contributed by atoms with Crippen LogP contribution in [0.15, 0.2) is 41.6 Å². The van der Waals surface area contributed by atoms with Crippen molar-refractivity contribution in [3.63, 3.8) is 0 Å². The molecule has 1 atom stereocenters. The van der Waals surface area contributed by atoms with Gasteiger partial charge in [0.25, 0.3) is 0 Å². The Balaban J connectivity index is 1.97. The van der Waals surface area contributed by atoms with Crippen molar-refractivity contribution < 1.29 is 19.1 Å². The van der Waals surface area contributed by atoms with Gasteiger partial charge >= 0.3 is 5.97 Å². The molecule has 1 aliphatic rings. The quantitative estimate of drug-likeness (QED) is 0.188. The Bertz CT molecular complexity index is 1310. The highest BCUT2D eigenvalue weighted by Crippen LogP contribution is 2.47. The normalized spacial score (nSPS) is 14.4. The molecule has 11 heteroatoms. The van der Waals surface area contributed by atoms with Gasteiger partial charge in [-0.3, -0.25) is 14.5 Å². The van der Waals surface area contributed by atoms with Crippen LogP contribution in [0.2, 0.25) is 10.0 Å². The zero-order chi connectivity index (χ0) is 25.8. The zero-order valence-corrected chi connectivity index (χ0v) is 22.3. The van der Waals surface area contributed by atoms with E-state index in [2.05, 4.69) is 22.1 Å². The van der Waals surface area contributed by atoms with Crippen molar-refractivity contribution in [2.45, 2.75) is 51.4 Å². The molecule has 0 radical (unpaired) electrons. The first kappa shape index (κ1) is 26.2. The summed E-state index contributed by atoms with van der Waals surface area (Å²) in [5.74, 6) is 0.330. The van der Waals surface area contributed by atoms with Crippen LogP contribution in [0.3, 0.4) is 0 Å². The summed E-state index contributed by atoms with van der Waals surface area (Å²) in [6, 6.07) is 10.3. The maximum Gasteiger partial charge on any atom is 0.310 e. The number of hydrogen-bond acceptors (Lipinski definition) is 8. The number of esters is 1. The number of halogens is 2. The van der Waals surface area contributed by atoms with Crippen molar-refractivity contribution in [3.05, 3.63) is 52.0 Å². The molecule has 2 aromatic carbocycles. The minimum atomic E-state index is -1.10. The van der Waals surface area contributed by atoms with E-state index in [-0.39, 0.29) is 40.4 Å². The minimum Gasteiger partial charge on any atom is -0.447 e. The molecule has 0 saturated heterocycles. The van der Waals surface area contributed by atoms with E-state index in [9.17, 15) is 9.59 Å². The Kier molecular flexibility index (Phi) is 8.33. The van der Waals surface area contributed by atoms with Crippen molar-refractivity contribution in [2.24, 2.45) is 0 Å². The molecule has 1 aliphatic heterocycles. The molecule has 36 heavy (non-hydrogen) atoms. The van der Waals surface area contributed by atoms with Crippen LogP contribution in [-0.4, -0.2) is 32.8 Å². The first-order chi connectivity index (χ1) is 17.4. The number of anilines is 1. The van der Waals surface area contributed by atoms with E-state index >= 15 is 0 Å². The zero-order valence-electron chi connectivity index (χ0n) is 20.0.